The van der Waals surface area contributed by atoms with E-state index in [1.165, 1.54) is 7.11 Å². The molecule has 2 aromatic carbocycles. The summed E-state index contributed by atoms with van der Waals surface area (Å²) in [4.78, 5) is 26.4. The van der Waals surface area contributed by atoms with E-state index in [4.69, 9.17) is 4.74 Å². The second-order valence-corrected chi connectivity index (χ2v) is 5.91. The van der Waals surface area contributed by atoms with Crippen LogP contribution in [0.3, 0.4) is 0 Å². The fraction of sp³-hybridized carbons (Fsp3) is 0.263. The molecular formula is C19H19NO4. The van der Waals surface area contributed by atoms with E-state index in [-0.39, 0.29) is 11.9 Å². The molecule has 2 atom stereocenters. The summed E-state index contributed by atoms with van der Waals surface area (Å²) < 4.78 is 5.30. The molecule has 0 saturated carbocycles. The van der Waals surface area contributed by atoms with Crippen molar-refractivity contribution >= 4 is 17.6 Å². The van der Waals surface area contributed by atoms with Crippen molar-refractivity contribution in [1.29, 1.82) is 0 Å². The molecule has 0 aliphatic carbocycles. The van der Waals surface area contributed by atoms with Crippen molar-refractivity contribution in [2.75, 3.05) is 12.0 Å². The van der Waals surface area contributed by atoms with Gasteiger partial charge < -0.3 is 14.7 Å². The van der Waals surface area contributed by atoms with Crippen molar-refractivity contribution in [1.82, 2.24) is 0 Å². The molecule has 24 heavy (non-hydrogen) atoms. The number of amides is 1. The van der Waals surface area contributed by atoms with Gasteiger partial charge in [0.2, 0.25) is 0 Å². The predicted octanol–water partition coefficient (Wildman–Crippen LogP) is 3.30. The second kappa shape index (κ2) is 6.35. The minimum absolute atomic E-state index is 0.184. The number of carboxylic acids is 1. The summed E-state index contributed by atoms with van der Waals surface area (Å²) in [7, 11) is 1.53. The molecule has 0 fully saturated rings. The molecule has 0 saturated heterocycles. The fourth-order valence-electron chi connectivity index (χ4n) is 3.31. The van der Waals surface area contributed by atoms with Crippen molar-refractivity contribution in [2.24, 2.45) is 0 Å². The number of rotatable bonds is 3. The maximum atomic E-state index is 13.1. The van der Waals surface area contributed by atoms with Gasteiger partial charge in [-0.05, 0) is 37.1 Å². The molecule has 0 bridgehead atoms. The monoisotopic (exact) mass is 325 g/mol. The number of hydrogen-bond donors (Lipinski definition) is 1. The summed E-state index contributed by atoms with van der Waals surface area (Å²) in [5, 5.41) is 9.50. The Morgan fingerprint density at radius 1 is 1.12 bits per heavy atom. The predicted molar refractivity (Wildman–Crippen MR) is 90.7 cm³/mol. The highest BCUT2D eigenvalue weighted by Gasteiger charge is 2.37. The summed E-state index contributed by atoms with van der Waals surface area (Å²) in [6, 6.07) is 14.0. The average molecular weight is 325 g/mol. The van der Waals surface area contributed by atoms with Crippen LogP contribution in [0.25, 0.3) is 0 Å². The molecule has 3 rings (SSSR count). The van der Waals surface area contributed by atoms with Gasteiger partial charge in [0.1, 0.15) is 5.75 Å². The summed E-state index contributed by atoms with van der Waals surface area (Å²) in [6.45, 7) is 1.87. The topological polar surface area (TPSA) is 66.8 Å². The highest BCUT2D eigenvalue weighted by molar-refractivity contribution is 6.09. The summed E-state index contributed by atoms with van der Waals surface area (Å²) in [5.74, 6) is -1.14. The Balaban J connectivity index is 2.09. The third-order valence-electron chi connectivity index (χ3n) is 4.44. The summed E-state index contributed by atoms with van der Waals surface area (Å²) in [6.07, 6.45) is 0.382. The van der Waals surface area contributed by atoms with Gasteiger partial charge in [0.15, 0.2) is 0 Å². The van der Waals surface area contributed by atoms with Crippen LogP contribution in [0.1, 0.15) is 35.2 Å². The normalized spacial score (nSPS) is 19.5. The lowest BCUT2D eigenvalue weighted by molar-refractivity contribution is -0.139. The Kier molecular flexibility index (Phi) is 4.25. The number of carboxylic acid groups (broad SMARTS) is 1. The molecule has 1 N–H and O–H groups in total. The van der Waals surface area contributed by atoms with E-state index in [1.807, 2.05) is 19.1 Å². The van der Waals surface area contributed by atoms with E-state index in [0.717, 1.165) is 0 Å². The van der Waals surface area contributed by atoms with Gasteiger partial charge in [0.05, 0.1) is 18.6 Å². The number of hydrogen-bond acceptors (Lipinski definition) is 3. The number of para-hydroxylation sites is 2. The molecule has 0 radical (unpaired) electrons. The van der Waals surface area contributed by atoms with Gasteiger partial charge in [-0.3, -0.25) is 9.59 Å². The number of carbonyl (C=O) groups excluding carboxylic acids is 1. The van der Waals surface area contributed by atoms with Crippen LogP contribution in [0.4, 0.5) is 5.69 Å². The SMILES string of the molecule is COc1ccccc1C(=O)N1c2ccccc2C(C(=O)O)C[C@@H]1C. The third-order valence-corrected chi connectivity index (χ3v) is 4.44. The first-order valence-electron chi connectivity index (χ1n) is 7.83. The minimum Gasteiger partial charge on any atom is -0.496 e. The van der Waals surface area contributed by atoms with Crippen LogP contribution >= 0.6 is 0 Å². The average Bonchev–Trinajstić information content (AvgIpc) is 2.60. The molecule has 1 aliphatic heterocycles. The van der Waals surface area contributed by atoms with Crippen molar-refractivity contribution in [2.45, 2.75) is 25.3 Å². The van der Waals surface area contributed by atoms with Gasteiger partial charge in [-0.2, -0.15) is 0 Å². The highest BCUT2D eigenvalue weighted by atomic mass is 16.5. The zero-order chi connectivity index (χ0) is 17.3. The van der Waals surface area contributed by atoms with Crippen LogP contribution in [0.5, 0.6) is 5.75 Å². The molecule has 0 spiro atoms. The van der Waals surface area contributed by atoms with Gasteiger partial charge in [0, 0.05) is 11.7 Å². The Bertz CT molecular complexity index is 786. The number of carbonyl (C=O) groups is 2. The van der Waals surface area contributed by atoms with Gasteiger partial charge >= 0.3 is 5.97 Å². The smallest absolute Gasteiger partial charge is 0.311 e. The second-order valence-electron chi connectivity index (χ2n) is 5.91. The standard InChI is InChI=1S/C19H19NO4/c1-12-11-15(19(22)23)13-7-3-5-9-16(13)20(12)18(21)14-8-4-6-10-17(14)24-2/h3-10,12,15H,11H2,1-2H3,(H,22,23)/t12-,15?/m0/s1. The molecule has 5 heteroatoms. The Morgan fingerprint density at radius 2 is 1.79 bits per heavy atom. The maximum Gasteiger partial charge on any atom is 0.311 e. The molecule has 124 valence electrons. The number of ether oxygens (including phenoxy) is 1. The van der Waals surface area contributed by atoms with Crippen LogP contribution in [0, 0.1) is 0 Å². The van der Waals surface area contributed by atoms with E-state index in [1.54, 1.807) is 41.3 Å². The maximum absolute atomic E-state index is 13.1. The lowest BCUT2D eigenvalue weighted by atomic mass is 9.85. The first kappa shape index (κ1) is 16.1. The molecule has 1 unspecified atom stereocenters. The lowest BCUT2D eigenvalue weighted by Gasteiger charge is -2.38. The van der Waals surface area contributed by atoms with Crippen LogP contribution in [0.15, 0.2) is 48.5 Å². The summed E-state index contributed by atoms with van der Waals surface area (Å²) in [5.41, 5.74) is 1.79. The number of nitrogens with zero attached hydrogens (tertiary/aromatic N) is 1. The minimum atomic E-state index is -0.862. The van der Waals surface area contributed by atoms with Crippen LogP contribution < -0.4 is 9.64 Å². The van der Waals surface area contributed by atoms with Crippen molar-refractivity contribution < 1.29 is 19.4 Å². The Hall–Kier alpha value is -2.82. The zero-order valence-electron chi connectivity index (χ0n) is 13.6. The van der Waals surface area contributed by atoms with E-state index in [2.05, 4.69) is 0 Å². The number of benzene rings is 2. The Morgan fingerprint density at radius 3 is 2.50 bits per heavy atom. The summed E-state index contributed by atoms with van der Waals surface area (Å²) >= 11 is 0. The van der Waals surface area contributed by atoms with Crippen LogP contribution in [0.2, 0.25) is 0 Å². The molecule has 2 aromatic rings. The lowest BCUT2D eigenvalue weighted by Crippen LogP contribution is -2.44. The number of anilines is 1. The van der Waals surface area contributed by atoms with E-state index in [0.29, 0.717) is 29.0 Å². The van der Waals surface area contributed by atoms with Crippen LogP contribution in [-0.4, -0.2) is 30.1 Å². The molecule has 1 heterocycles. The van der Waals surface area contributed by atoms with Crippen molar-refractivity contribution in [3.63, 3.8) is 0 Å². The van der Waals surface area contributed by atoms with E-state index in [9.17, 15) is 14.7 Å². The van der Waals surface area contributed by atoms with Crippen molar-refractivity contribution in [3.05, 3.63) is 59.7 Å². The van der Waals surface area contributed by atoms with Gasteiger partial charge in [0.25, 0.3) is 5.91 Å². The highest BCUT2D eigenvalue weighted by Crippen LogP contribution is 2.39. The number of aliphatic carboxylic acids is 1. The molecule has 0 aromatic heterocycles. The first-order chi connectivity index (χ1) is 11.5. The van der Waals surface area contributed by atoms with Crippen LogP contribution in [-0.2, 0) is 4.79 Å². The molecule has 5 nitrogen and oxygen atoms in total. The van der Waals surface area contributed by atoms with Gasteiger partial charge in [-0.1, -0.05) is 30.3 Å². The third kappa shape index (κ3) is 2.62. The number of fused-ring (bicyclic) bond motifs is 1. The van der Waals surface area contributed by atoms with E-state index < -0.39 is 11.9 Å². The molecule has 1 aliphatic rings. The van der Waals surface area contributed by atoms with Crippen molar-refractivity contribution in [3.8, 4) is 5.75 Å². The van der Waals surface area contributed by atoms with E-state index >= 15 is 0 Å². The first-order valence-corrected chi connectivity index (χ1v) is 7.83. The molecule has 1 amide bonds. The number of methoxy groups -OCH3 is 1. The fourth-order valence-corrected chi connectivity index (χ4v) is 3.31. The van der Waals surface area contributed by atoms with Gasteiger partial charge in [-0.15, -0.1) is 0 Å². The zero-order valence-corrected chi connectivity index (χ0v) is 13.6. The largest absolute Gasteiger partial charge is 0.496 e. The quantitative estimate of drug-likeness (QED) is 0.940. The Labute approximate surface area is 140 Å². The molecular weight excluding hydrogens is 306 g/mol. The van der Waals surface area contributed by atoms with Gasteiger partial charge in [-0.25, -0.2) is 0 Å².